The second-order valence-corrected chi connectivity index (χ2v) is 11.4. The van der Waals surface area contributed by atoms with Crippen LogP contribution in [-0.4, -0.2) is 64.5 Å². The Morgan fingerprint density at radius 1 is 0.974 bits per heavy atom. The number of carbonyl (C=O) groups is 1. The maximum Gasteiger partial charge on any atom is 0.492 e. The lowest BCUT2D eigenvalue weighted by molar-refractivity contribution is -0.188. The van der Waals surface area contributed by atoms with Gasteiger partial charge >= 0.3 is 12.1 Å². The van der Waals surface area contributed by atoms with Crippen molar-refractivity contribution in [2.75, 3.05) is 62.2 Å². The van der Waals surface area contributed by atoms with Gasteiger partial charge in [0, 0.05) is 61.4 Å². The first-order chi connectivity index (χ1) is 18.3. The summed E-state index contributed by atoms with van der Waals surface area (Å²) in [7, 11) is -1.58. The Hall–Kier alpha value is -2.63. The molecule has 2 aromatic carbocycles. The summed E-state index contributed by atoms with van der Waals surface area (Å²) in [5.41, 5.74) is 4.24. The summed E-state index contributed by atoms with van der Waals surface area (Å²) in [6, 6.07) is 7.88. The zero-order chi connectivity index (χ0) is 26.9. The van der Waals surface area contributed by atoms with Crippen LogP contribution in [0.2, 0.25) is 0 Å². The van der Waals surface area contributed by atoms with Crippen LogP contribution >= 0.6 is 10.8 Å². The molecule has 206 valence electrons. The van der Waals surface area contributed by atoms with Gasteiger partial charge in [0.05, 0.1) is 20.5 Å². The van der Waals surface area contributed by atoms with Crippen LogP contribution in [0.4, 0.5) is 30.2 Å². The monoisotopic (exact) mass is 549 g/mol. The number of anilines is 2. The first-order valence-corrected chi connectivity index (χ1v) is 14.4. The fourth-order valence-corrected chi connectivity index (χ4v) is 7.07. The van der Waals surface area contributed by atoms with E-state index in [1.165, 1.54) is 0 Å². The number of hydrogen-bond donors (Lipinski definition) is 2. The van der Waals surface area contributed by atoms with Crippen molar-refractivity contribution in [3.05, 3.63) is 45.3 Å². The van der Waals surface area contributed by atoms with E-state index in [2.05, 4.69) is 26.5 Å². The molecule has 2 fully saturated rings. The molecule has 1 atom stereocenters. The van der Waals surface area contributed by atoms with E-state index in [1.807, 2.05) is 32.0 Å². The first kappa shape index (κ1) is 27.0. The zero-order valence-corrected chi connectivity index (χ0v) is 22.6. The quantitative estimate of drug-likeness (QED) is 0.562. The molecule has 38 heavy (non-hydrogen) atoms. The Morgan fingerprint density at radius 3 is 2.21 bits per heavy atom. The number of nitrogens with zero attached hydrogens (tertiary/aromatic N) is 3. The number of alkyl halides is 3. The van der Waals surface area contributed by atoms with Crippen LogP contribution in [0.5, 0.6) is 0 Å². The Kier molecular flexibility index (Phi) is 7.97. The van der Waals surface area contributed by atoms with Crippen molar-refractivity contribution < 1.29 is 22.1 Å². The van der Waals surface area contributed by atoms with Gasteiger partial charge in [-0.15, -0.1) is 0 Å². The second-order valence-electron chi connectivity index (χ2n) is 9.84. The normalized spacial score (nSPS) is 20.1. The number of rotatable bonds is 4. The molecule has 3 heterocycles. The number of hydrogen-bond acceptors (Lipinski definition) is 7. The van der Waals surface area contributed by atoms with E-state index in [9.17, 15) is 18.0 Å². The molecule has 0 saturated carbocycles. The summed E-state index contributed by atoms with van der Waals surface area (Å²) in [6.07, 6.45) is -2.50. The van der Waals surface area contributed by atoms with E-state index in [-0.39, 0.29) is 0 Å². The van der Waals surface area contributed by atoms with Crippen LogP contribution in [0.3, 0.4) is 0 Å². The topological polar surface area (TPSA) is 69.2 Å². The molecule has 3 aliphatic rings. The number of nitrogens with one attached hydrogen (secondary N) is 2. The van der Waals surface area contributed by atoms with Crippen LogP contribution in [0.25, 0.3) is 0 Å². The van der Waals surface area contributed by atoms with Gasteiger partial charge in [0.2, 0.25) is 0 Å². The van der Waals surface area contributed by atoms with E-state index in [1.54, 1.807) is 0 Å². The van der Waals surface area contributed by atoms with Gasteiger partial charge < -0.3 is 24.6 Å². The van der Waals surface area contributed by atoms with Crippen molar-refractivity contribution in [2.45, 2.75) is 44.2 Å². The average Bonchev–Trinajstić information content (AvgIpc) is 3.33. The Labute approximate surface area is 223 Å². The lowest BCUT2D eigenvalue weighted by Gasteiger charge is -2.27. The van der Waals surface area contributed by atoms with Crippen molar-refractivity contribution in [3.63, 3.8) is 0 Å². The smallest absolute Gasteiger partial charge is 0.388 e. The third-order valence-electron chi connectivity index (χ3n) is 7.19. The number of carbonyl (C=O) groups excluding carboxylic acids is 1. The standard InChI is InChI=1S/C27H34F3N5O2S/c1-3-19-15-21(35-11-5-7-32-9-13-35)17-23-25(19)33-24-18(2)14-20(34-10-4-6-31-8-12-34)16-22(24)38(23)37-26(36)27(28,29)30/h14-17,31-32H,3-13H2,1-2H3. The zero-order valence-electron chi connectivity index (χ0n) is 21.8. The third-order valence-corrected chi connectivity index (χ3v) is 8.93. The number of halogens is 3. The summed E-state index contributed by atoms with van der Waals surface area (Å²) < 4.78 is 46.3. The van der Waals surface area contributed by atoms with Gasteiger partial charge in [-0.3, -0.25) is 0 Å². The van der Waals surface area contributed by atoms with E-state index in [0.29, 0.717) is 26.9 Å². The van der Waals surface area contributed by atoms with Gasteiger partial charge in [0.15, 0.2) is 0 Å². The highest BCUT2D eigenvalue weighted by molar-refractivity contribution is 8.05. The molecule has 7 nitrogen and oxygen atoms in total. The molecule has 11 heteroatoms. The first-order valence-electron chi connectivity index (χ1n) is 13.2. The number of fused-ring (bicyclic) bond motifs is 2. The second kappa shape index (κ2) is 11.2. The summed E-state index contributed by atoms with van der Waals surface area (Å²) in [4.78, 5) is 22.2. The van der Waals surface area contributed by atoms with E-state index in [0.717, 1.165) is 87.7 Å². The molecule has 0 radical (unpaired) electrons. The van der Waals surface area contributed by atoms with Gasteiger partial charge in [0.25, 0.3) is 0 Å². The summed E-state index contributed by atoms with van der Waals surface area (Å²) in [5, 5.41) is 7.36. The summed E-state index contributed by atoms with van der Waals surface area (Å²) >= 11 is 0. The molecule has 5 rings (SSSR count). The van der Waals surface area contributed by atoms with Crippen LogP contribution in [0, 0.1) is 11.4 Å². The third kappa shape index (κ3) is 5.55. The summed E-state index contributed by atoms with van der Waals surface area (Å²) in [6.45, 7) is 10.7. The fourth-order valence-electron chi connectivity index (χ4n) is 5.22. The van der Waals surface area contributed by atoms with Crippen LogP contribution in [0.1, 0.15) is 30.9 Å². The highest BCUT2D eigenvalue weighted by Crippen LogP contribution is 2.46. The molecule has 0 bridgehead atoms. The number of benzene rings is 2. The van der Waals surface area contributed by atoms with Crippen molar-refractivity contribution >= 4 is 33.8 Å². The predicted octanol–water partition coefficient (Wildman–Crippen LogP) is 4.02. The van der Waals surface area contributed by atoms with Gasteiger partial charge in [0.1, 0.15) is 0 Å². The SMILES string of the molecule is CCc1cc(N2CCCNCC2)cc2c1N=c1c(C)cc(N3CCCNCC3)cc1=S2OC(=O)C(F)(F)F. The van der Waals surface area contributed by atoms with Crippen molar-refractivity contribution in [1.29, 1.82) is 0 Å². The van der Waals surface area contributed by atoms with Gasteiger partial charge in [-0.25, -0.2) is 9.79 Å². The minimum Gasteiger partial charge on any atom is -0.388 e. The van der Waals surface area contributed by atoms with Crippen LogP contribution < -0.4 is 25.8 Å². The van der Waals surface area contributed by atoms with E-state index >= 15 is 0 Å². The van der Waals surface area contributed by atoms with Crippen LogP contribution in [-0.2, 0) is 15.4 Å². The summed E-state index contributed by atoms with van der Waals surface area (Å²) in [5.74, 6) is -2.18. The molecular weight excluding hydrogens is 515 g/mol. The minimum atomic E-state index is -5.09. The molecular formula is C27H34F3N5O2S. The minimum absolute atomic E-state index is 0.527. The molecule has 0 aromatic heterocycles. The molecule has 2 saturated heterocycles. The maximum absolute atomic E-state index is 13.5. The molecule has 0 spiro atoms. The Bertz CT molecular complexity index is 1330. The lowest BCUT2D eigenvalue weighted by atomic mass is 10.1. The maximum atomic E-state index is 13.5. The molecule has 2 N–H and O–H groups in total. The molecule has 0 amide bonds. The highest BCUT2D eigenvalue weighted by atomic mass is 32.2. The van der Waals surface area contributed by atoms with E-state index < -0.39 is 22.9 Å². The molecule has 3 aliphatic heterocycles. The molecule has 2 aromatic rings. The number of aryl methyl sites for hydroxylation is 2. The molecule has 0 aliphatic carbocycles. The van der Waals surface area contributed by atoms with Crippen molar-refractivity contribution in [3.8, 4) is 0 Å². The lowest BCUT2D eigenvalue weighted by Crippen LogP contribution is -2.29. The fraction of sp³-hybridized carbons (Fsp3) is 0.519. The Morgan fingerprint density at radius 2 is 1.61 bits per heavy atom. The van der Waals surface area contributed by atoms with Crippen molar-refractivity contribution in [1.82, 2.24) is 10.6 Å². The highest BCUT2D eigenvalue weighted by Gasteiger charge is 2.42. The molecule has 1 unspecified atom stereocenters. The van der Waals surface area contributed by atoms with Gasteiger partial charge in [-0.1, -0.05) is 6.92 Å². The largest absolute Gasteiger partial charge is 0.492 e. The predicted molar refractivity (Wildman–Crippen MR) is 144 cm³/mol. The van der Waals surface area contributed by atoms with E-state index in [4.69, 9.17) is 9.18 Å². The Balaban J connectivity index is 1.72. The average molecular weight is 550 g/mol. The van der Waals surface area contributed by atoms with Crippen LogP contribution in [0.15, 0.2) is 34.2 Å². The van der Waals surface area contributed by atoms with Gasteiger partial charge in [-0.05, 0) is 74.7 Å². The van der Waals surface area contributed by atoms with Crippen molar-refractivity contribution in [2.24, 2.45) is 4.99 Å². The van der Waals surface area contributed by atoms with Gasteiger partial charge in [-0.2, -0.15) is 13.2 Å².